The van der Waals surface area contributed by atoms with Crippen LogP contribution in [0.1, 0.15) is 40.6 Å². The number of hydrogen-bond donors (Lipinski definition) is 0. The molecule has 1 aromatic carbocycles. The minimum Gasteiger partial charge on any atom is -0.288 e. The maximum Gasteiger partial charge on any atom is 0.202 e. The molecule has 2 rings (SSSR count). The Balaban J connectivity index is 2.26. The molecule has 1 nitrogen and oxygen atoms in total. The van der Waals surface area contributed by atoms with Crippen LogP contribution in [0.15, 0.2) is 40.2 Å². The number of rotatable bonds is 3. The molecule has 1 aromatic heterocycles. The molecular formula is C14H13BrOS. The number of halogens is 1. The first kappa shape index (κ1) is 12.5. The number of benzene rings is 1. The molecule has 0 aliphatic heterocycles. The molecule has 1 heterocycles. The lowest BCUT2D eigenvalue weighted by Crippen LogP contribution is -1.98. The minimum atomic E-state index is 0.0935. The number of carbonyl (C=O) groups is 1. The van der Waals surface area contributed by atoms with Crippen LogP contribution in [-0.2, 0) is 0 Å². The van der Waals surface area contributed by atoms with Gasteiger partial charge >= 0.3 is 0 Å². The molecule has 0 unspecified atom stereocenters. The van der Waals surface area contributed by atoms with Gasteiger partial charge in [0.1, 0.15) is 0 Å². The molecule has 2 aromatic rings. The van der Waals surface area contributed by atoms with E-state index in [-0.39, 0.29) is 5.78 Å². The average molecular weight is 309 g/mol. The summed E-state index contributed by atoms with van der Waals surface area (Å²) >= 11 is 4.84. The van der Waals surface area contributed by atoms with Crippen molar-refractivity contribution in [2.24, 2.45) is 0 Å². The van der Waals surface area contributed by atoms with Crippen molar-refractivity contribution >= 4 is 33.0 Å². The Morgan fingerprint density at radius 1 is 1.12 bits per heavy atom. The summed E-state index contributed by atoms with van der Waals surface area (Å²) in [6.07, 6.45) is 0. The molecule has 0 aliphatic rings. The summed E-state index contributed by atoms with van der Waals surface area (Å²) in [4.78, 5) is 12.9. The molecule has 88 valence electrons. The van der Waals surface area contributed by atoms with E-state index < -0.39 is 0 Å². The van der Waals surface area contributed by atoms with Crippen LogP contribution < -0.4 is 0 Å². The predicted octanol–water partition coefficient (Wildman–Crippen LogP) is 4.87. The Labute approximate surface area is 114 Å². The number of carbonyl (C=O) groups excluding carboxylic acids is 1. The van der Waals surface area contributed by atoms with Gasteiger partial charge in [-0.15, -0.1) is 11.3 Å². The van der Waals surface area contributed by atoms with Gasteiger partial charge in [-0.2, -0.15) is 0 Å². The zero-order chi connectivity index (χ0) is 12.4. The lowest BCUT2D eigenvalue weighted by molar-refractivity contribution is 0.104. The van der Waals surface area contributed by atoms with Crippen LogP contribution in [0.2, 0.25) is 0 Å². The second-order valence-corrected chi connectivity index (χ2v) is 6.67. The molecule has 0 N–H and O–H groups in total. The summed E-state index contributed by atoms with van der Waals surface area (Å²) < 4.78 is 0.986. The third kappa shape index (κ3) is 2.85. The van der Waals surface area contributed by atoms with Gasteiger partial charge in [0.2, 0.25) is 5.78 Å². The zero-order valence-corrected chi connectivity index (χ0v) is 12.1. The molecule has 3 heteroatoms. The van der Waals surface area contributed by atoms with Gasteiger partial charge < -0.3 is 0 Å². The fraction of sp³-hybridized carbons (Fsp3) is 0.214. The summed E-state index contributed by atoms with van der Waals surface area (Å²) in [5.74, 6) is 0.589. The summed E-state index contributed by atoms with van der Waals surface area (Å²) in [6.45, 7) is 4.29. The highest BCUT2D eigenvalue weighted by molar-refractivity contribution is 9.11. The first-order chi connectivity index (χ1) is 8.08. The van der Waals surface area contributed by atoms with Gasteiger partial charge in [0.25, 0.3) is 0 Å². The summed E-state index contributed by atoms with van der Waals surface area (Å²) in [5.41, 5.74) is 2.01. The van der Waals surface area contributed by atoms with Crippen molar-refractivity contribution in [2.45, 2.75) is 19.8 Å². The SMILES string of the molecule is CC(C)c1ccc(C(=O)c2ccc(Br)s2)cc1. The molecule has 0 amide bonds. The van der Waals surface area contributed by atoms with Crippen LogP contribution in [0.4, 0.5) is 0 Å². The predicted molar refractivity (Wildman–Crippen MR) is 76.0 cm³/mol. The molecule has 0 bridgehead atoms. The van der Waals surface area contributed by atoms with Gasteiger partial charge in [0.15, 0.2) is 0 Å². The van der Waals surface area contributed by atoms with Crippen LogP contribution in [-0.4, -0.2) is 5.78 Å². The Morgan fingerprint density at radius 3 is 2.24 bits per heavy atom. The molecule has 0 radical (unpaired) electrons. The van der Waals surface area contributed by atoms with E-state index in [1.165, 1.54) is 16.9 Å². The van der Waals surface area contributed by atoms with Gasteiger partial charge in [-0.25, -0.2) is 0 Å². The quantitative estimate of drug-likeness (QED) is 0.740. The van der Waals surface area contributed by atoms with E-state index in [2.05, 4.69) is 29.8 Å². The van der Waals surface area contributed by atoms with E-state index >= 15 is 0 Å². The zero-order valence-electron chi connectivity index (χ0n) is 9.74. The lowest BCUT2D eigenvalue weighted by atomic mass is 10.0. The van der Waals surface area contributed by atoms with E-state index in [0.717, 1.165) is 14.2 Å². The van der Waals surface area contributed by atoms with Gasteiger partial charge in [-0.1, -0.05) is 38.1 Å². The van der Waals surface area contributed by atoms with Crippen molar-refractivity contribution in [2.75, 3.05) is 0 Å². The fourth-order valence-electron chi connectivity index (χ4n) is 1.60. The molecule has 0 aliphatic carbocycles. The van der Waals surface area contributed by atoms with Crippen molar-refractivity contribution in [3.63, 3.8) is 0 Å². The first-order valence-electron chi connectivity index (χ1n) is 5.48. The van der Waals surface area contributed by atoms with Gasteiger partial charge in [-0.3, -0.25) is 4.79 Å². The standard InChI is InChI=1S/C14H13BrOS/c1-9(2)10-3-5-11(6-4-10)14(16)12-7-8-13(15)17-12/h3-9H,1-2H3. The fourth-order valence-corrected chi connectivity index (χ4v) is 2.95. The molecule has 0 fully saturated rings. The van der Waals surface area contributed by atoms with Gasteiger partial charge in [0.05, 0.1) is 8.66 Å². The highest BCUT2D eigenvalue weighted by atomic mass is 79.9. The van der Waals surface area contributed by atoms with Crippen LogP contribution in [0.3, 0.4) is 0 Å². The van der Waals surface area contributed by atoms with E-state index in [0.29, 0.717) is 5.92 Å². The topological polar surface area (TPSA) is 17.1 Å². The van der Waals surface area contributed by atoms with Crippen molar-refractivity contribution in [1.82, 2.24) is 0 Å². The maximum absolute atomic E-state index is 12.1. The van der Waals surface area contributed by atoms with E-state index in [4.69, 9.17) is 0 Å². The monoisotopic (exact) mass is 308 g/mol. The molecule has 0 saturated carbocycles. The molecule has 0 spiro atoms. The Hall–Kier alpha value is -0.930. The van der Waals surface area contributed by atoms with Gasteiger partial charge in [-0.05, 0) is 39.5 Å². The number of ketones is 1. The highest BCUT2D eigenvalue weighted by Gasteiger charge is 2.11. The smallest absolute Gasteiger partial charge is 0.202 e. The summed E-state index contributed by atoms with van der Waals surface area (Å²) in [5, 5.41) is 0. The Bertz CT molecular complexity index is 525. The highest BCUT2D eigenvalue weighted by Crippen LogP contribution is 2.25. The van der Waals surface area contributed by atoms with Crippen molar-refractivity contribution in [1.29, 1.82) is 0 Å². The summed E-state index contributed by atoms with van der Waals surface area (Å²) in [7, 11) is 0. The van der Waals surface area contributed by atoms with Crippen molar-refractivity contribution in [3.05, 3.63) is 56.2 Å². The third-order valence-electron chi connectivity index (χ3n) is 2.64. The normalized spacial score (nSPS) is 10.8. The second kappa shape index (κ2) is 5.15. The maximum atomic E-state index is 12.1. The van der Waals surface area contributed by atoms with E-state index in [9.17, 15) is 4.79 Å². The number of thiophene rings is 1. The van der Waals surface area contributed by atoms with Crippen molar-refractivity contribution in [3.8, 4) is 0 Å². The van der Waals surface area contributed by atoms with Crippen molar-refractivity contribution < 1.29 is 4.79 Å². The van der Waals surface area contributed by atoms with E-state index in [1.54, 1.807) is 0 Å². The molecule has 17 heavy (non-hydrogen) atoms. The third-order valence-corrected chi connectivity index (χ3v) is 4.26. The van der Waals surface area contributed by atoms with Crippen LogP contribution in [0.25, 0.3) is 0 Å². The Kier molecular flexibility index (Phi) is 3.79. The molecule has 0 saturated heterocycles. The van der Waals surface area contributed by atoms with Crippen LogP contribution in [0, 0.1) is 0 Å². The minimum absolute atomic E-state index is 0.0935. The molecular weight excluding hydrogens is 296 g/mol. The first-order valence-corrected chi connectivity index (χ1v) is 7.09. The second-order valence-electron chi connectivity index (χ2n) is 4.21. The summed E-state index contributed by atoms with van der Waals surface area (Å²) in [6, 6.07) is 11.6. The average Bonchev–Trinajstić information content (AvgIpc) is 2.75. The Morgan fingerprint density at radius 2 is 1.76 bits per heavy atom. The molecule has 0 atom stereocenters. The number of hydrogen-bond acceptors (Lipinski definition) is 2. The lowest BCUT2D eigenvalue weighted by Gasteiger charge is -2.05. The van der Waals surface area contributed by atoms with Gasteiger partial charge in [0, 0.05) is 5.56 Å². The van der Waals surface area contributed by atoms with Crippen LogP contribution >= 0.6 is 27.3 Å². The largest absolute Gasteiger partial charge is 0.288 e. The van der Waals surface area contributed by atoms with E-state index in [1.807, 2.05) is 36.4 Å². The van der Waals surface area contributed by atoms with Crippen LogP contribution in [0.5, 0.6) is 0 Å².